The lowest BCUT2D eigenvalue weighted by atomic mass is 9.99. The molecule has 37 heavy (non-hydrogen) atoms. The minimum absolute atomic E-state index is 0.0112. The number of anilines is 1. The van der Waals surface area contributed by atoms with Gasteiger partial charge in [-0.3, -0.25) is 14.6 Å². The van der Waals surface area contributed by atoms with E-state index >= 15 is 4.39 Å². The van der Waals surface area contributed by atoms with Crippen LogP contribution in [0.15, 0.2) is 42.6 Å². The summed E-state index contributed by atoms with van der Waals surface area (Å²) in [5, 5.41) is 2.57. The summed E-state index contributed by atoms with van der Waals surface area (Å²) in [5.74, 6) is -2.87. The lowest BCUT2D eigenvalue weighted by molar-refractivity contribution is -0.274. The Kier molecular flexibility index (Phi) is 6.92. The number of halogens is 4. The van der Waals surface area contributed by atoms with Crippen molar-refractivity contribution >= 4 is 17.5 Å². The second-order valence-corrected chi connectivity index (χ2v) is 8.26. The van der Waals surface area contributed by atoms with Crippen LogP contribution in [0.2, 0.25) is 0 Å². The minimum atomic E-state index is -4.91. The number of benzene rings is 2. The van der Waals surface area contributed by atoms with Crippen molar-refractivity contribution < 1.29 is 41.4 Å². The molecule has 1 aliphatic carbocycles. The molecule has 8 nitrogen and oxygen atoms in total. The molecule has 194 valence electrons. The second-order valence-electron chi connectivity index (χ2n) is 8.26. The van der Waals surface area contributed by atoms with Crippen LogP contribution >= 0.6 is 0 Å². The Balaban J connectivity index is 1.73. The molecule has 2 aromatic carbocycles. The average Bonchev–Trinajstić information content (AvgIpc) is 3.66. The molecule has 0 unspecified atom stereocenters. The van der Waals surface area contributed by atoms with Crippen molar-refractivity contribution in [3.63, 3.8) is 0 Å². The van der Waals surface area contributed by atoms with Crippen LogP contribution in [-0.2, 0) is 0 Å². The summed E-state index contributed by atoms with van der Waals surface area (Å²) in [7, 11) is 1.22. The molecule has 1 fully saturated rings. The maximum absolute atomic E-state index is 15.2. The van der Waals surface area contributed by atoms with E-state index in [1.54, 1.807) is 0 Å². The number of hydrogen-bond donors (Lipinski definition) is 2. The number of nitrogens with two attached hydrogens (primary N) is 1. The third-order valence-electron chi connectivity index (χ3n) is 5.59. The Hall–Kier alpha value is -4.35. The Morgan fingerprint density at radius 3 is 2.43 bits per heavy atom. The number of carbonyl (C=O) groups excluding carboxylic acids is 2. The van der Waals surface area contributed by atoms with Crippen molar-refractivity contribution in [2.45, 2.75) is 32.0 Å². The number of rotatable bonds is 8. The molecule has 3 aromatic rings. The molecular formula is C25H21F4N3O5. The third-order valence-corrected chi connectivity index (χ3v) is 5.59. The fourth-order valence-corrected chi connectivity index (χ4v) is 3.73. The highest BCUT2D eigenvalue weighted by atomic mass is 19.4. The van der Waals surface area contributed by atoms with Gasteiger partial charge in [-0.05, 0) is 61.6 Å². The van der Waals surface area contributed by atoms with Gasteiger partial charge in [0.05, 0.1) is 12.7 Å². The Morgan fingerprint density at radius 2 is 1.81 bits per heavy atom. The van der Waals surface area contributed by atoms with Gasteiger partial charge in [0.15, 0.2) is 11.5 Å². The topological polar surface area (TPSA) is 113 Å². The zero-order chi connectivity index (χ0) is 26.9. The molecule has 0 spiro atoms. The van der Waals surface area contributed by atoms with Gasteiger partial charge in [0.25, 0.3) is 11.8 Å². The molecule has 0 radical (unpaired) electrons. The van der Waals surface area contributed by atoms with Crippen molar-refractivity contribution in [1.29, 1.82) is 0 Å². The van der Waals surface area contributed by atoms with E-state index < -0.39 is 29.7 Å². The highest BCUT2D eigenvalue weighted by molar-refractivity contribution is 6.08. The van der Waals surface area contributed by atoms with Gasteiger partial charge in [0, 0.05) is 23.5 Å². The van der Waals surface area contributed by atoms with E-state index in [1.165, 1.54) is 44.5 Å². The number of amides is 2. The lowest BCUT2D eigenvalue weighted by Crippen LogP contribution is -2.18. The molecule has 4 rings (SSSR count). The standard InChI is InChI=1S/C25H21F4N3O5/c1-12-21(24(34)32-14-7-8-31-17(9-14)23(30)33)20(11-16(22(12)26)13-3-4-13)36-18-6-5-15(10-19(18)35-2)37-25(27,28)29/h5-11,13H,3-4H2,1-2H3,(H2,30,33)(H,31,32,34). The molecule has 3 N–H and O–H groups in total. The van der Waals surface area contributed by atoms with E-state index in [1.807, 2.05) is 0 Å². The van der Waals surface area contributed by atoms with Crippen molar-refractivity contribution in [3.05, 3.63) is 70.8 Å². The van der Waals surface area contributed by atoms with Gasteiger partial charge in [-0.15, -0.1) is 13.2 Å². The van der Waals surface area contributed by atoms with Crippen LogP contribution in [0.3, 0.4) is 0 Å². The number of primary amides is 1. The Morgan fingerprint density at radius 1 is 1.08 bits per heavy atom. The van der Waals surface area contributed by atoms with Gasteiger partial charge in [-0.1, -0.05) is 0 Å². The van der Waals surface area contributed by atoms with Crippen LogP contribution in [-0.4, -0.2) is 30.3 Å². The highest BCUT2D eigenvalue weighted by Crippen LogP contribution is 2.46. The van der Waals surface area contributed by atoms with Crippen LogP contribution in [0.4, 0.5) is 23.2 Å². The van der Waals surface area contributed by atoms with Crippen molar-refractivity contribution in [2.24, 2.45) is 5.73 Å². The van der Waals surface area contributed by atoms with Crippen LogP contribution < -0.4 is 25.3 Å². The molecular weight excluding hydrogens is 498 g/mol. The number of nitrogens with zero attached hydrogens (tertiary/aromatic N) is 1. The number of ether oxygens (including phenoxy) is 3. The molecule has 0 bridgehead atoms. The number of pyridine rings is 1. The summed E-state index contributed by atoms with van der Waals surface area (Å²) in [4.78, 5) is 28.5. The van der Waals surface area contributed by atoms with Gasteiger partial charge in [-0.2, -0.15) is 0 Å². The molecule has 0 saturated heterocycles. The van der Waals surface area contributed by atoms with E-state index in [2.05, 4.69) is 15.0 Å². The first-order valence-electron chi connectivity index (χ1n) is 11.0. The van der Waals surface area contributed by atoms with Crippen molar-refractivity contribution in [2.75, 3.05) is 12.4 Å². The van der Waals surface area contributed by atoms with E-state index in [0.29, 0.717) is 5.56 Å². The molecule has 1 saturated carbocycles. The lowest BCUT2D eigenvalue weighted by Gasteiger charge is -2.19. The van der Waals surface area contributed by atoms with E-state index in [-0.39, 0.29) is 45.7 Å². The quantitative estimate of drug-likeness (QED) is 0.383. The maximum atomic E-state index is 15.2. The van der Waals surface area contributed by atoms with Crippen LogP contribution in [0.5, 0.6) is 23.0 Å². The summed E-state index contributed by atoms with van der Waals surface area (Å²) in [6.45, 7) is 1.42. The van der Waals surface area contributed by atoms with Crippen LogP contribution in [0.1, 0.15) is 50.7 Å². The first-order valence-corrected chi connectivity index (χ1v) is 11.0. The van der Waals surface area contributed by atoms with Crippen LogP contribution in [0.25, 0.3) is 0 Å². The molecule has 12 heteroatoms. The summed E-state index contributed by atoms with van der Waals surface area (Å²) < 4.78 is 68.1. The molecule has 1 heterocycles. The SMILES string of the molecule is COc1cc(OC(F)(F)F)ccc1Oc1cc(C2CC2)c(F)c(C)c1C(=O)Nc1ccnc(C(N)=O)c1. The summed E-state index contributed by atoms with van der Waals surface area (Å²) in [6, 6.07) is 7.24. The van der Waals surface area contributed by atoms with Gasteiger partial charge in [0.1, 0.15) is 23.0 Å². The van der Waals surface area contributed by atoms with Crippen LogP contribution in [0, 0.1) is 12.7 Å². The normalized spacial score (nSPS) is 13.1. The van der Waals surface area contributed by atoms with Gasteiger partial charge in [-0.25, -0.2) is 4.39 Å². The number of nitrogens with one attached hydrogen (secondary N) is 1. The average molecular weight is 519 g/mol. The second kappa shape index (κ2) is 9.96. The van der Waals surface area contributed by atoms with Crippen molar-refractivity contribution in [3.8, 4) is 23.0 Å². The summed E-state index contributed by atoms with van der Waals surface area (Å²) in [6.07, 6.45) is -2.11. The highest BCUT2D eigenvalue weighted by Gasteiger charge is 2.33. The zero-order valence-electron chi connectivity index (χ0n) is 19.6. The zero-order valence-corrected chi connectivity index (χ0v) is 19.6. The number of methoxy groups -OCH3 is 1. The van der Waals surface area contributed by atoms with Gasteiger partial charge in [0.2, 0.25) is 0 Å². The van der Waals surface area contributed by atoms with Gasteiger partial charge >= 0.3 is 6.36 Å². The predicted octanol–water partition coefficient (Wildman–Crippen LogP) is 5.46. The van der Waals surface area contributed by atoms with E-state index in [0.717, 1.165) is 25.0 Å². The minimum Gasteiger partial charge on any atom is -0.493 e. The molecule has 1 aromatic heterocycles. The third kappa shape index (κ3) is 5.90. The summed E-state index contributed by atoms with van der Waals surface area (Å²) in [5.41, 5.74) is 5.54. The Labute approximate surface area is 208 Å². The first kappa shape index (κ1) is 25.7. The smallest absolute Gasteiger partial charge is 0.493 e. The predicted molar refractivity (Wildman–Crippen MR) is 124 cm³/mol. The number of carbonyl (C=O) groups is 2. The number of aromatic nitrogens is 1. The Bertz CT molecular complexity index is 1370. The van der Waals surface area contributed by atoms with E-state index in [9.17, 15) is 22.8 Å². The van der Waals surface area contributed by atoms with Gasteiger partial charge < -0.3 is 25.3 Å². The molecule has 2 amide bonds. The van der Waals surface area contributed by atoms with E-state index in [4.69, 9.17) is 15.2 Å². The maximum Gasteiger partial charge on any atom is 0.573 e. The molecule has 0 aliphatic heterocycles. The largest absolute Gasteiger partial charge is 0.573 e. The first-order chi connectivity index (χ1) is 17.5. The number of alkyl halides is 3. The van der Waals surface area contributed by atoms with Crippen molar-refractivity contribution in [1.82, 2.24) is 4.98 Å². The fraction of sp³-hybridized carbons (Fsp3) is 0.240. The monoisotopic (exact) mass is 519 g/mol. The summed E-state index contributed by atoms with van der Waals surface area (Å²) >= 11 is 0. The fourth-order valence-electron chi connectivity index (χ4n) is 3.73. The molecule has 1 aliphatic rings. The molecule has 0 atom stereocenters. The number of hydrogen-bond acceptors (Lipinski definition) is 6.